The van der Waals surface area contributed by atoms with Gasteiger partial charge in [-0.05, 0) is 37.5 Å². The van der Waals surface area contributed by atoms with Gasteiger partial charge in [0.25, 0.3) is 0 Å². The Morgan fingerprint density at radius 1 is 1.21 bits per heavy atom. The van der Waals surface area contributed by atoms with Crippen LogP contribution in [0.4, 0.5) is 10.1 Å². The fourth-order valence-electron chi connectivity index (χ4n) is 3.59. The first-order valence-corrected chi connectivity index (χ1v) is 7.45. The molecule has 1 saturated carbocycles. The minimum Gasteiger partial charge on any atom is -0.366 e. The third-order valence-corrected chi connectivity index (χ3v) is 4.63. The summed E-state index contributed by atoms with van der Waals surface area (Å²) in [5, 5.41) is 3.70. The molecule has 1 spiro atoms. The molecule has 1 saturated heterocycles. The maximum atomic E-state index is 14.1. The number of halogens is 1. The van der Waals surface area contributed by atoms with Crippen LogP contribution in [0.3, 0.4) is 0 Å². The molecular formula is C16H23FN2. The maximum Gasteiger partial charge on any atom is 0.146 e. The largest absolute Gasteiger partial charge is 0.366 e. The summed E-state index contributed by atoms with van der Waals surface area (Å²) >= 11 is 0. The number of piperazine rings is 1. The summed E-state index contributed by atoms with van der Waals surface area (Å²) in [5.41, 5.74) is 1.99. The van der Waals surface area contributed by atoms with E-state index in [0.717, 1.165) is 30.9 Å². The van der Waals surface area contributed by atoms with Crippen molar-refractivity contribution in [3.8, 4) is 0 Å². The number of benzene rings is 1. The standard InChI is InChI=1S/C16H23FN2/c1-13-5-6-15(14(17)11-13)19-10-9-18-16(12-19)7-3-2-4-8-16/h5-6,11,18H,2-4,7-10,12H2,1H3. The second kappa shape index (κ2) is 5.12. The van der Waals surface area contributed by atoms with Gasteiger partial charge in [0, 0.05) is 25.2 Å². The van der Waals surface area contributed by atoms with Gasteiger partial charge >= 0.3 is 0 Å². The fourth-order valence-corrected chi connectivity index (χ4v) is 3.59. The highest BCUT2D eigenvalue weighted by molar-refractivity contribution is 5.50. The molecule has 0 atom stereocenters. The lowest BCUT2D eigenvalue weighted by molar-refractivity contribution is 0.216. The van der Waals surface area contributed by atoms with Crippen LogP contribution in [0.15, 0.2) is 18.2 Å². The number of hydrogen-bond donors (Lipinski definition) is 1. The lowest BCUT2D eigenvalue weighted by Crippen LogP contribution is -2.61. The van der Waals surface area contributed by atoms with E-state index in [0.29, 0.717) is 0 Å². The van der Waals surface area contributed by atoms with E-state index in [1.165, 1.54) is 32.1 Å². The molecule has 0 unspecified atom stereocenters. The van der Waals surface area contributed by atoms with Crippen molar-refractivity contribution < 1.29 is 4.39 Å². The van der Waals surface area contributed by atoms with Crippen molar-refractivity contribution in [2.45, 2.75) is 44.6 Å². The first-order valence-electron chi connectivity index (χ1n) is 7.45. The van der Waals surface area contributed by atoms with Gasteiger partial charge in [0.1, 0.15) is 5.82 Å². The van der Waals surface area contributed by atoms with Gasteiger partial charge in [0.15, 0.2) is 0 Å². The van der Waals surface area contributed by atoms with Crippen molar-refractivity contribution in [3.05, 3.63) is 29.6 Å². The Bertz CT molecular complexity index is 447. The smallest absolute Gasteiger partial charge is 0.146 e. The van der Waals surface area contributed by atoms with E-state index in [1.54, 1.807) is 6.07 Å². The number of rotatable bonds is 1. The van der Waals surface area contributed by atoms with Gasteiger partial charge in [0.2, 0.25) is 0 Å². The topological polar surface area (TPSA) is 15.3 Å². The zero-order valence-electron chi connectivity index (χ0n) is 11.7. The SMILES string of the molecule is Cc1ccc(N2CCNC3(CCCCC3)C2)c(F)c1. The number of nitrogens with one attached hydrogen (secondary N) is 1. The molecule has 1 N–H and O–H groups in total. The summed E-state index contributed by atoms with van der Waals surface area (Å²) in [5.74, 6) is -0.0761. The predicted molar refractivity (Wildman–Crippen MR) is 77.2 cm³/mol. The molecule has 104 valence electrons. The second-order valence-corrected chi connectivity index (χ2v) is 6.14. The Hall–Kier alpha value is -1.09. The molecule has 1 aliphatic heterocycles. The van der Waals surface area contributed by atoms with Crippen molar-refractivity contribution >= 4 is 5.69 Å². The highest BCUT2D eigenvalue weighted by atomic mass is 19.1. The van der Waals surface area contributed by atoms with Gasteiger partial charge in [-0.15, -0.1) is 0 Å². The molecular weight excluding hydrogens is 239 g/mol. The zero-order chi connectivity index (χ0) is 13.3. The third kappa shape index (κ3) is 2.62. The van der Waals surface area contributed by atoms with Crippen molar-refractivity contribution in [1.82, 2.24) is 5.32 Å². The van der Waals surface area contributed by atoms with Crippen LogP contribution >= 0.6 is 0 Å². The van der Waals surface area contributed by atoms with E-state index in [1.807, 2.05) is 19.1 Å². The summed E-state index contributed by atoms with van der Waals surface area (Å²) in [6.45, 7) is 4.76. The molecule has 3 rings (SSSR count). The molecule has 0 amide bonds. The normalized spacial score (nSPS) is 22.7. The average molecular weight is 262 g/mol. The van der Waals surface area contributed by atoms with Gasteiger partial charge in [-0.2, -0.15) is 0 Å². The van der Waals surface area contributed by atoms with Crippen LogP contribution in [-0.2, 0) is 0 Å². The summed E-state index contributed by atoms with van der Waals surface area (Å²) in [6, 6.07) is 5.59. The van der Waals surface area contributed by atoms with Crippen LogP contribution in [0.5, 0.6) is 0 Å². The first kappa shape index (κ1) is 12.9. The van der Waals surface area contributed by atoms with Crippen LogP contribution in [0.1, 0.15) is 37.7 Å². The number of anilines is 1. The minimum atomic E-state index is -0.0761. The summed E-state index contributed by atoms with van der Waals surface area (Å²) < 4.78 is 14.1. The van der Waals surface area contributed by atoms with Gasteiger partial charge in [-0.1, -0.05) is 25.3 Å². The van der Waals surface area contributed by atoms with Crippen LogP contribution < -0.4 is 10.2 Å². The Balaban J connectivity index is 1.81. The van der Waals surface area contributed by atoms with Crippen molar-refractivity contribution in [2.24, 2.45) is 0 Å². The molecule has 0 radical (unpaired) electrons. The van der Waals surface area contributed by atoms with Gasteiger partial charge in [-0.25, -0.2) is 4.39 Å². The lowest BCUT2D eigenvalue weighted by Gasteiger charge is -2.47. The predicted octanol–water partition coefficient (Wildman–Crippen LogP) is 3.25. The molecule has 2 fully saturated rings. The molecule has 2 nitrogen and oxygen atoms in total. The molecule has 19 heavy (non-hydrogen) atoms. The van der Waals surface area contributed by atoms with Crippen LogP contribution in [0.25, 0.3) is 0 Å². The Morgan fingerprint density at radius 2 is 2.00 bits per heavy atom. The average Bonchev–Trinajstić information content (AvgIpc) is 2.39. The number of hydrogen-bond acceptors (Lipinski definition) is 2. The Kier molecular flexibility index (Phi) is 3.48. The summed E-state index contributed by atoms with van der Waals surface area (Å²) in [6.07, 6.45) is 6.42. The summed E-state index contributed by atoms with van der Waals surface area (Å²) in [4.78, 5) is 2.23. The zero-order valence-corrected chi connectivity index (χ0v) is 11.7. The van der Waals surface area contributed by atoms with Crippen molar-refractivity contribution in [2.75, 3.05) is 24.5 Å². The van der Waals surface area contributed by atoms with E-state index in [2.05, 4.69) is 10.2 Å². The molecule has 1 aliphatic carbocycles. The molecule has 3 heteroatoms. The van der Waals surface area contributed by atoms with Crippen molar-refractivity contribution in [1.29, 1.82) is 0 Å². The fraction of sp³-hybridized carbons (Fsp3) is 0.625. The number of aryl methyl sites for hydroxylation is 1. The van der Waals surface area contributed by atoms with Crippen molar-refractivity contribution in [3.63, 3.8) is 0 Å². The van der Waals surface area contributed by atoms with Crippen LogP contribution in [-0.4, -0.2) is 25.2 Å². The van der Waals surface area contributed by atoms with E-state index in [4.69, 9.17) is 0 Å². The molecule has 0 aromatic heterocycles. The van der Waals surface area contributed by atoms with E-state index in [9.17, 15) is 4.39 Å². The summed E-state index contributed by atoms with van der Waals surface area (Å²) in [7, 11) is 0. The Morgan fingerprint density at radius 3 is 2.74 bits per heavy atom. The van der Waals surface area contributed by atoms with Crippen LogP contribution in [0.2, 0.25) is 0 Å². The molecule has 1 aromatic carbocycles. The maximum absolute atomic E-state index is 14.1. The Labute approximate surface area is 115 Å². The highest BCUT2D eigenvalue weighted by Gasteiger charge is 2.36. The molecule has 2 aliphatic rings. The highest BCUT2D eigenvalue weighted by Crippen LogP contribution is 2.33. The minimum absolute atomic E-state index is 0.0761. The van der Waals surface area contributed by atoms with E-state index in [-0.39, 0.29) is 11.4 Å². The first-order chi connectivity index (χ1) is 9.19. The van der Waals surface area contributed by atoms with Gasteiger partial charge in [0.05, 0.1) is 5.69 Å². The van der Waals surface area contributed by atoms with E-state index >= 15 is 0 Å². The quantitative estimate of drug-likeness (QED) is 0.836. The number of nitrogens with zero attached hydrogens (tertiary/aromatic N) is 1. The molecule has 0 bridgehead atoms. The molecule has 1 heterocycles. The van der Waals surface area contributed by atoms with Gasteiger partial charge < -0.3 is 10.2 Å². The van der Waals surface area contributed by atoms with Gasteiger partial charge in [-0.3, -0.25) is 0 Å². The lowest BCUT2D eigenvalue weighted by atomic mass is 9.80. The van der Waals surface area contributed by atoms with Crippen LogP contribution in [0, 0.1) is 12.7 Å². The molecule has 1 aromatic rings. The van der Waals surface area contributed by atoms with E-state index < -0.39 is 0 Å². The monoisotopic (exact) mass is 262 g/mol. The second-order valence-electron chi connectivity index (χ2n) is 6.14. The third-order valence-electron chi connectivity index (χ3n) is 4.63.